The van der Waals surface area contributed by atoms with Crippen molar-refractivity contribution in [3.05, 3.63) is 69.8 Å². The van der Waals surface area contributed by atoms with Crippen molar-refractivity contribution < 1.29 is 9.72 Å². The van der Waals surface area contributed by atoms with Gasteiger partial charge in [0.05, 0.1) is 4.92 Å². The summed E-state index contributed by atoms with van der Waals surface area (Å²) in [4.78, 5) is 23.2. The molecule has 0 bridgehead atoms. The van der Waals surface area contributed by atoms with Crippen LogP contribution in [0.1, 0.15) is 28.8 Å². The van der Waals surface area contributed by atoms with Gasteiger partial charge >= 0.3 is 0 Å². The molecule has 0 spiro atoms. The second-order valence-electron chi connectivity index (χ2n) is 5.38. The van der Waals surface area contributed by atoms with Crippen molar-refractivity contribution in [2.75, 3.05) is 0 Å². The summed E-state index contributed by atoms with van der Waals surface area (Å²) in [5.74, 6) is 1.25. The topological polar surface area (TPSA) is 60.2 Å². The number of nitrogens with zero attached hydrogens (tertiary/aromatic N) is 1. The zero-order valence-electron chi connectivity index (χ0n) is 11.9. The van der Waals surface area contributed by atoms with Crippen LogP contribution in [-0.2, 0) is 5.75 Å². The number of carbonyl (C=O) groups is 1. The van der Waals surface area contributed by atoms with Gasteiger partial charge in [0, 0.05) is 34.3 Å². The molecule has 0 aliphatic heterocycles. The fourth-order valence-electron chi connectivity index (χ4n) is 2.18. The Balaban J connectivity index is 1.58. The molecule has 2 aromatic carbocycles. The molecular formula is C17H15NO3S. The van der Waals surface area contributed by atoms with Crippen LogP contribution in [0.4, 0.5) is 5.69 Å². The van der Waals surface area contributed by atoms with Gasteiger partial charge in [-0.15, -0.1) is 11.8 Å². The molecule has 0 N–H and O–H groups in total. The predicted octanol–water partition coefficient (Wildman–Crippen LogP) is 4.48. The van der Waals surface area contributed by atoms with Gasteiger partial charge in [0.25, 0.3) is 5.69 Å². The molecule has 0 amide bonds. The van der Waals surface area contributed by atoms with Gasteiger partial charge in [0.2, 0.25) is 0 Å². The maximum Gasteiger partial charge on any atom is 0.269 e. The highest BCUT2D eigenvalue weighted by atomic mass is 32.2. The van der Waals surface area contributed by atoms with Crippen LogP contribution in [0, 0.1) is 16.0 Å². The lowest BCUT2D eigenvalue weighted by Gasteiger charge is -2.04. The fourth-order valence-corrected chi connectivity index (χ4v) is 3.03. The van der Waals surface area contributed by atoms with Gasteiger partial charge in [-0.3, -0.25) is 14.9 Å². The van der Waals surface area contributed by atoms with Gasteiger partial charge in [-0.1, -0.05) is 24.3 Å². The summed E-state index contributed by atoms with van der Waals surface area (Å²) in [6.45, 7) is 0. The van der Waals surface area contributed by atoms with Crippen molar-refractivity contribution in [3.8, 4) is 0 Å². The number of nitro groups is 1. The lowest BCUT2D eigenvalue weighted by Crippen LogP contribution is -2.00. The van der Waals surface area contributed by atoms with Gasteiger partial charge in [-0.25, -0.2) is 0 Å². The Morgan fingerprint density at radius 3 is 2.27 bits per heavy atom. The Morgan fingerprint density at radius 2 is 1.73 bits per heavy atom. The van der Waals surface area contributed by atoms with Crippen LogP contribution >= 0.6 is 11.8 Å². The van der Waals surface area contributed by atoms with Crippen molar-refractivity contribution in [2.24, 2.45) is 5.92 Å². The van der Waals surface area contributed by atoms with Crippen molar-refractivity contribution in [1.82, 2.24) is 0 Å². The Morgan fingerprint density at radius 1 is 1.09 bits per heavy atom. The summed E-state index contributed by atoms with van der Waals surface area (Å²) in [6, 6.07) is 14.3. The number of rotatable bonds is 6. The molecule has 2 aromatic rings. The lowest BCUT2D eigenvalue weighted by molar-refractivity contribution is -0.384. The highest BCUT2D eigenvalue weighted by molar-refractivity contribution is 7.98. The third-order valence-electron chi connectivity index (χ3n) is 3.64. The number of carbonyl (C=O) groups excluding carboxylic acids is 1. The van der Waals surface area contributed by atoms with E-state index < -0.39 is 4.92 Å². The van der Waals surface area contributed by atoms with E-state index in [0.29, 0.717) is 0 Å². The molecule has 5 heteroatoms. The van der Waals surface area contributed by atoms with Gasteiger partial charge in [0.15, 0.2) is 5.78 Å². The van der Waals surface area contributed by atoms with E-state index in [9.17, 15) is 14.9 Å². The SMILES string of the molecule is O=C(c1ccc(SCc2ccc([N+](=O)[O-])cc2)cc1)C1CC1. The zero-order chi connectivity index (χ0) is 15.5. The summed E-state index contributed by atoms with van der Waals surface area (Å²) in [6.07, 6.45) is 2.05. The average Bonchev–Trinajstić information content (AvgIpc) is 3.38. The first-order valence-corrected chi connectivity index (χ1v) is 8.12. The summed E-state index contributed by atoms with van der Waals surface area (Å²) in [5.41, 5.74) is 1.94. The van der Waals surface area contributed by atoms with Crippen molar-refractivity contribution >= 4 is 23.2 Å². The summed E-state index contributed by atoms with van der Waals surface area (Å²) in [5, 5.41) is 10.6. The van der Waals surface area contributed by atoms with Gasteiger partial charge in [-0.05, 0) is 30.5 Å². The molecule has 22 heavy (non-hydrogen) atoms. The summed E-state index contributed by atoms with van der Waals surface area (Å²) < 4.78 is 0. The number of hydrogen-bond donors (Lipinski definition) is 0. The Hall–Kier alpha value is -2.14. The van der Waals surface area contributed by atoms with Crippen LogP contribution in [0.5, 0.6) is 0 Å². The van der Waals surface area contributed by atoms with Crippen LogP contribution in [0.25, 0.3) is 0 Å². The smallest absolute Gasteiger partial charge is 0.269 e. The molecule has 0 heterocycles. The first kappa shape index (κ1) is 14.8. The fraction of sp³-hybridized carbons (Fsp3) is 0.235. The number of Topliss-reactive ketones (excluding diaryl/α,β-unsaturated/α-hetero) is 1. The molecule has 0 saturated heterocycles. The van der Waals surface area contributed by atoms with Crippen LogP contribution in [0.2, 0.25) is 0 Å². The molecule has 1 aliphatic carbocycles. The minimum absolute atomic E-state index is 0.108. The van der Waals surface area contributed by atoms with Crippen LogP contribution in [0.15, 0.2) is 53.4 Å². The monoisotopic (exact) mass is 313 g/mol. The molecule has 4 nitrogen and oxygen atoms in total. The summed E-state index contributed by atoms with van der Waals surface area (Å²) >= 11 is 1.65. The van der Waals surface area contributed by atoms with Crippen LogP contribution < -0.4 is 0 Å². The highest BCUT2D eigenvalue weighted by Gasteiger charge is 2.30. The van der Waals surface area contributed by atoms with Gasteiger partial charge in [0.1, 0.15) is 0 Å². The Kier molecular flexibility index (Phi) is 4.24. The molecule has 1 saturated carbocycles. The standard InChI is InChI=1S/C17H15NO3S/c19-17(13-3-4-13)14-5-9-16(10-6-14)22-11-12-1-7-15(8-2-12)18(20)21/h1-2,5-10,13H,3-4,11H2. The van der Waals surface area contributed by atoms with E-state index in [0.717, 1.165) is 34.6 Å². The van der Waals surface area contributed by atoms with E-state index in [1.165, 1.54) is 12.1 Å². The first-order valence-electron chi connectivity index (χ1n) is 7.14. The molecule has 1 fully saturated rings. The minimum Gasteiger partial charge on any atom is -0.294 e. The summed E-state index contributed by atoms with van der Waals surface area (Å²) in [7, 11) is 0. The van der Waals surface area contributed by atoms with E-state index in [2.05, 4.69) is 0 Å². The van der Waals surface area contributed by atoms with Crippen LogP contribution in [-0.4, -0.2) is 10.7 Å². The third-order valence-corrected chi connectivity index (χ3v) is 4.72. The number of hydrogen-bond acceptors (Lipinski definition) is 4. The number of nitro benzene ring substituents is 1. The number of benzene rings is 2. The van der Waals surface area contributed by atoms with E-state index in [1.54, 1.807) is 23.9 Å². The normalized spacial score (nSPS) is 13.8. The molecule has 0 unspecified atom stereocenters. The van der Waals surface area contributed by atoms with E-state index in [1.807, 2.05) is 24.3 Å². The Bertz CT molecular complexity index is 691. The van der Waals surface area contributed by atoms with Crippen molar-refractivity contribution in [1.29, 1.82) is 0 Å². The van der Waals surface area contributed by atoms with E-state index in [4.69, 9.17) is 0 Å². The maximum atomic E-state index is 11.9. The number of ketones is 1. The Labute approximate surface area is 132 Å². The third kappa shape index (κ3) is 3.54. The number of non-ortho nitro benzene ring substituents is 1. The maximum absolute atomic E-state index is 11.9. The number of thioether (sulfide) groups is 1. The second kappa shape index (κ2) is 6.32. The molecule has 0 atom stereocenters. The van der Waals surface area contributed by atoms with Gasteiger partial charge < -0.3 is 0 Å². The zero-order valence-corrected chi connectivity index (χ0v) is 12.7. The molecule has 1 aliphatic rings. The lowest BCUT2D eigenvalue weighted by atomic mass is 10.1. The van der Waals surface area contributed by atoms with E-state index >= 15 is 0 Å². The predicted molar refractivity (Wildman–Crippen MR) is 86.2 cm³/mol. The molecule has 3 rings (SSSR count). The van der Waals surface area contributed by atoms with Crippen LogP contribution in [0.3, 0.4) is 0 Å². The van der Waals surface area contributed by atoms with E-state index in [-0.39, 0.29) is 17.4 Å². The quantitative estimate of drug-likeness (QED) is 0.341. The molecular weight excluding hydrogens is 298 g/mol. The molecule has 0 aromatic heterocycles. The molecule has 0 radical (unpaired) electrons. The second-order valence-corrected chi connectivity index (χ2v) is 6.42. The van der Waals surface area contributed by atoms with Crippen molar-refractivity contribution in [3.63, 3.8) is 0 Å². The first-order chi connectivity index (χ1) is 10.6. The largest absolute Gasteiger partial charge is 0.294 e. The molecule has 112 valence electrons. The average molecular weight is 313 g/mol. The highest BCUT2D eigenvalue weighted by Crippen LogP contribution is 2.33. The van der Waals surface area contributed by atoms with Crippen molar-refractivity contribution in [2.45, 2.75) is 23.5 Å². The van der Waals surface area contributed by atoms with Gasteiger partial charge in [-0.2, -0.15) is 0 Å². The minimum atomic E-state index is -0.396.